The molecule has 18 heavy (non-hydrogen) atoms. The van der Waals surface area contributed by atoms with Gasteiger partial charge in [-0.2, -0.15) is 0 Å². The van der Waals surface area contributed by atoms with Gasteiger partial charge in [-0.25, -0.2) is 0 Å². The predicted molar refractivity (Wildman–Crippen MR) is 75.9 cm³/mol. The van der Waals surface area contributed by atoms with Crippen molar-refractivity contribution in [3.05, 3.63) is 27.2 Å². The third-order valence-electron chi connectivity index (χ3n) is 3.32. The third-order valence-corrected chi connectivity index (χ3v) is 4.21. The Morgan fingerprint density at radius 3 is 2.83 bits per heavy atom. The van der Waals surface area contributed by atoms with Crippen LogP contribution in [-0.2, 0) is 6.54 Å². The monoisotopic (exact) mass is 333 g/mol. The van der Waals surface area contributed by atoms with E-state index in [1.54, 1.807) is 6.07 Å². The molecular formula is C13H17BrClNO2. The molecule has 0 aromatic heterocycles. The van der Waals surface area contributed by atoms with Crippen LogP contribution >= 0.6 is 27.5 Å². The van der Waals surface area contributed by atoms with Gasteiger partial charge in [0, 0.05) is 12.6 Å². The van der Waals surface area contributed by atoms with Crippen LogP contribution < -0.4 is 5.32 Å². The maximum absolute atomic E-state index is 9.60. The molecule has 100 valence electrons. The lowest BCUT2D eigenvalue weighted by Gasteiger charge is -2.26. The standard InChI is InChI=1S/C13H17BrClNO2/c14-11-4-8(5-12(15)13(11)18)7-16-9-2-1-3-10(17)6-9/h4-5,9-10,16-18H,1-3,6-7H2/t9-,10+/m0/s1. The van der Waals surface area contributed by atoms with Crippen LogP contribution in [0.5, 0.6) is 5.75 Å². The molecule has 2 rings (SSSR count). The van der Waals surface area contributed by atoms with Gasteiger partial charge < -0.3 is 15.5 Å². The van der Waals surface area contributed by atoms with Crippen molar-refractivity contribution in [3.63, 3.8) is 0 Å². The summed E-state index contributed by atoms with van der Waals surface area (Å²) in [6, 6.07) is 3.97. The average molecular weight is 335 g/mol. The van der Waals surface area contributed by atoms with Gasteiger partial charge >= 0.3 is 0 Å². The Labute approximate surface area is 120 Å². The molecule has 1 saturated carbocycles. The Kier molecular flexibility index (Phi) is 4.90. The molecule has 5 heteroatoms. The number of benzene rings is 1. The van der Waals surface area contributed by atoms with Gasteiger partial charge in [-0.05, 0) is 59.3 Å². The van der Waals surface area contributed by atoms with E-state index >= 15 is 0 Å². The van der Waals surface area contributed by atoms with E-state index in [1.165, 1.54) is 0 Å². The first-order chi connectivity index (χ1) is 8.56. The van der Waals surface area contributed by atoms with Crippen molar-refractivity contribution < 1.29 is 10.2 Å². The highest BCUT2D eigenvalue weighted by atomic mass is 79.9. The fourth-order valence-corrected chi connectivity index (χ4v) is 3.20. The topological polar surface area (TPSA) is 52.5 Å². The van der Waals surface area contributed by atoms with Crippen molar-refractivity contribution in [2.24, 2.45) is 0 Å². The number of aliphatic hydroxyl groups excluding tert-OH is 1. The Hall–Kier alpha value is -0.290. The minimum Gasteiger partial charge on any atom is -0.505 e. The first kappa shape index (κ1) is 14.1. The van der Waals surface area contributed by atoms with Crippen LogP contribution in [0.4, 0.5) is 0 Å². The summed E-state index contributed by atoms with van der Waals surface area (Å²) in [5.41, 5.74) is 1.02. The van der Waals surface area contributed by atoms with Crippen molar-refractivity contribution in [1.82, 2.24) is 5.32 Å². The average Bonchev–Trinajstić information content (AvgIpc) is 2.33. The molecule has 0 bridgehead atoms. The lowest BCUT2D eigenvalue weighted by molar-refractivity contribution is 0.111. The highest BCUT2D eigenvalue weighted by Crippen LogP contribution is 2.33. The second-order valence-electron chi connectivity index (χ2n) is 4.81. The van der Waals surface area contributed by atoms with Crippen LogP contribution in [0.25, 0.3) is 0 Å². The minimum atomic E-state index is -0.175. The molecule has 0 amide bonds. The lowest BCUT2D eigenvalue weighted by Crippen LogP contribution is -2.35. The molecule has 0 radical (unpaired) electrons. The molecule has 1 aromatic rings. The van der Waals surface area contributed by atoms with Crippen LogP contribution in [0.15, 0.2) is 16.6 Å². The second-order valence-corrected chi connectivity index (χ2v) is 6.07. The molecule has 1 fully saturated rings. The fraction of sp³-hybridized carbons (Fsp3) is 0.538. The zero-order valence-electron chi connectivity index (χ0n) is 10.00. The zero-order valence-corrected chi connectivity index (χ0v) is 12.3. The number of aromatic hydroxyl groups is 1. The first-order valence-electron chi connectivity index (χ1n) is 6.14. The highest BCUT2D eigenvalue weighted by Gasteiger charge is 2.19. The number of halogens is 2. The lowest BCUT2D eigenvalue weighted by atomic mass is 9.93. The molecule has 0 spiro atoms. The molecule has 3 nitrogen and oxygen atoms in total. The number of hydrogen-bond donors (Lipinski definition) is 3. The molecule has 0 saturated heterocycles. The van der Waals surface area contributed by atoms with Crippen molar-refractivity contribution in [2.75, 3.05) is 0 Å². The molecule has 3 N–H and O–H groups in total. The van der Waals surface area contributed by atoms with Gasteiger partial charge in [-0.3, -0.25) is 0 Å². The SMILES string of the molecule is Oc1c(Cl)cc(CN[C@H]2CCC[C@@H](O)C2)cc1Br. The van der Waals surface area contributed by atoms with Crippen LogP contribution in [-0.4, -0.2) is 22.4 Å². The minimum absolute atomic E-state index is 0.0773. The first-order valence-corrected chi connectivity index (χ1v) is 7.31. The van der Waals surface area contributed by atoms with E-state index in [2.05, 4.69) is 21.2 Å². The maximum Gasteiger partial charge on any atom is 0.148 e. The molecule has 1 aliphatic rings. The van der Waals surface area contributed by atoms with Crippen LogP contribution in [0.1, 0.15) is 31.2 Å². The van der Waals surface area contributed by atoms with Gasteiger partial charge in [0.25, 0.3) is 0 Å². The highest BCUT2D eigenvalue weighted by molar-refractivity contribution is 9.10. The molecule has 1 aromatic carbocycles. The van der Waals surface area contributed by atoms with E-state index in [1.807, 2.05) is 6.07 Å². The summed E-state index contributed by atoms with van der Waals surface area (Å²) in [6.07, 6.45) is 3.72. The van der Waals surface area contributed by atoms with Gasteiger partial charge in [0.15, 0.2) is 0 Å². The Balaban J connectivity index is 1.94. The van der Waals surface area contributed by atoms with Crippen molar-refractivity contribution in [2.45, 2.75) is 44.4 Å². The van der Waals surface area contributed by atoms with Crippen LogP contribution in [0, 0.1) is 0 Å². The number of rotatable bonds is 3. The molecule has 1 aliphatic carbocycles. The summed E-state index contributed by atoms with van der Waals surface area (Å²) in [5.74, 6) is 0.0773. The largest absolute Gasteiger partial charge is 0.505 e. The summed E-state index contributed by atoms with van der Waals surface area (Å²) >= 11 is 9.19. The predicted octanol–water partition coefficient (Wildman–Crippen LogP) is 3.20. The van der Waals surface area contributed by atoms with E-state index in [0.29, 0.717) is 22.1 Å². The molecular weight excluding hydrogens is 318 g/mol. The van der Waals surface area contributed by atoms with Gasteiger partial charge in [0.2, 0.25) is 0 Å². The van der Waals surface area contributed by atoms with E-state index in [9.17, 15) is 10.2 Å². The van der Waals surface area contributed by atoms with Gasteiger partial charge in [0.05, 0.1) is 15.6 Å². The number of hydrogen-bond acceptors (Lipinski definition) is 3. The molecule has 0 aliphatic heterocycles. The molecule has 0 unspecified atom stereocenters. The zero-order chi connectivity index (χ0) is 13.1. The Bertz CT molecular complexity index is 404. The van der Waals surface area contributed by atoms with Crippen LogP contribution in [0.3, 0.4) is 0 Å². The van der Waals surface area contributed by atoms with Gasteiger partial charge in [0.1, 0.15) is 5.75 Å². The fourth-order valence-electron chi connectivity index (χ4n) is 2.33. The maximum atomic E-state index is 9.60. The summed E-state index contributed by atoms with van der Waals surface area (Å²) in [4.78, 5) is 0. The number of nitrogens with one attached hydrogen (secondary N) is 1. The number of phenols is 1. The summed E-state index contributed by atoms with van der Waals surface area (Å²) in [7, 11) is 0. The van der Waals surface area contributed by atoms with Crippen LogP contribution in [0.2, 0.25) is 5.02 Å². The Morgan fingerprint density at radius 2 is 2.17 bits per heavy atom. The quantitative estimate of drug-likeness (QED) is 0.795. The van der Waals surface area contributed by atoms with E-state index in [0.717, 1.165) is 31.2 Å². The second kappa shape index (κ2) is 6.24. The number of aliphatic hydroxyl groups is 1. The van der Waals surface area contributed by atoms with Crippen molar-refractivity contribution in [3.8, 4) is 5.75 Å². The summed E-state index contributed by atoms with van der Waals surface area (Å²) in [6.45, 7) is 0.690. The third kappa shape index (κ3) is 3.60. The van der Waals surface area contributed by atoms with Crippen molar-refractivity contribution in [1.29, 1.82) is 0 Å². The normalized spacial score (nSPS) is 24.2. The smallest absolute Gasteiger partial charge is 0.148 e. The summed E-state index contributed by atoms with van der Waals surface area (Å²) in [5, 5.41) is 22.9. The van der Waals surface area contributed by atoms with Gasteiger partial charge in [-0.1, -0.05) is 11.6 Å². The Morgan fingerprint density at radius 1 is 1.39 bits per heavy atom. The summed E-state index contributed by atoms with van der Waals surface area (Å²) < 4.78 is 0.607. The van der Waals surface area contributed by atoms with E-state index in [-0.39, 0.29) is 11.9 Å². The van der Waals surface area contributed by atoms with E-state index in [4.69, 9.17) is 11.6 Å². The number of phenolic OH excluding ortho intramolecular Hbond substituents is 1. The van der Waals surface area contributed by atoms with E-state index < -0.39 is 0 Å². The van der Waals surface area contributed by atoms with Gasteiger partial charge in [-0.15, -0.1) is 0 Å². The molecule has 0 heterocycles. The van der Waals surface area contributed by atoms with Crippen molar-refractivity contribution >= 4 is 27.5 Å². The molecule has 2 atom stereocenters.